The molecule has 5 heteroatoms. The Morgan fingerprint density at radius 3 is 2.83 bits per heavy atom. The van der Waals surface area contributed by atoms with Gasteiger partial charge in [0.15, 0.2) is 0 Å². The van der Waals surface area contributed by atoms with Gasteiger partial charge in [0.25, 0.3) is 5.91 Å². The van der Waals surface area contributed by atoms with Crippen molar-refractivity contribution in [2.75, 3.05) is 6.54 Å². The molecule has 1 aromatic carbocycles. The summed E-state index contributed by atoms with van der Waals surface area (Å²) in [4.78, 5) is 14.7. The Bertz CT molecular complexity index is 712. The highest BCUT2D eigenvalue weighted by molar-refractivity contribution is 5.93. The van der Waals surface area contributed by atoms with E-state index in [0.717, 1.165) is 19.4 Å². The van der Waals surface area contributed by atoms with Gasteiger partial charge < -0.3 is 4.90 Å². The molecule has 3 rings (SSSR count). The van der Waals surface area contributed by atoms with Crippen molar-refractivity contribution in [1.82, 2.24) is 14.7 Å². The maximum absolute atomic E-state index is 14.0. The van der Waals surface area contributed by atoms with Gasteiger partial charge in [-0.25, -0.2) is 4.39 Å². The molecule has 1 aliphatic heterocycles. The molecule has 0 radical (unpaired) electrons. The number of benzene rings is 1. The van der Waals surface area contributed by atoms with Gasteiger partial charge >= 0.3 is 0 Å². The van der Waals surface area contributed by atoms with Crippen molar-refractivity contribution in [3.05, 3.63) is 53.6 Å². The predicted octanol–water partition coefficient (Wildman–Crippen LogP) is 3.28. The zero-order valence-corrected chi connectivity index (χ0v) is 13.6. The molecule has 1 saturated heterocycles. The number of halogens is 1. The number of hydrogen-bond acceptors (Lipinski definition) is 2. The van der Waals surface area contributed by atoms with E-state index in [1.165, 1.54) is 6.07 Å². The van der Waals surface area contributed by atoms with Crippen LogP contribution in [0.5, 0.6) is 0 Å². The van der Waals surface area contributed by atoms with Crippen LogP contribution in [0.25, 0.3) is 0 Å². The summed E-state index contributed by atoms with van der Waals surface area (Å²) < 4.78 is 15.7. The van der Waals surface area contributed by atoms with E-state index in [0.29, 0.717) is 24.2 Å². The lowest BCUT2D eigenvalue weighted by molar-refractivity contribution is 0.0616. The molecule has 0 aliphatic carbocycles. The first-order chi connectivity index (χ1) is 11.0. The molecular formula is C18H22FN3O. The van der Waals surface area contributed by atoms with Crippen LogP contribution in [0, 0.1) is 5.82 Å². The molecule has 122 valence electrons. The zero-order chi connectivity index (χ0) is 16.4. The Balaban J connectivity index is 1.84. The summed E-state index contributed by atoms with van der Waals surface area (Å²) in [7, 11) is 0. The van der Waals surface area contributed by atoms with Crippen LogP contribution in [0.3, 0.4) is 0 Å². The van der Waals surface area contributed by atoms with Crippen LogP contribution in [-0.4, -0.2) is 32.7 Å². The van der Waals surface area contributed by atoms with Crippen molar-refractivity contribution >= 4 is 5.91 Å². The highest BCUT2D eigenvalue weighted by Gasteiger charge is 2.40. The van der Waals surface area contributed by atoms with Crippen molar-refractivity contribution < 1.29 is 9.18 Å². The van der Waals surface area contributed by atoms with Crippen LogP contribution in [-0.2, 0) is 13.0 Å². The molecule has 1 unspecified atom stereocenters. The largest absolute Gasteiger partial charge is 0.332 e. The molecular weight excluding hydrogens is 293 g/mol. The third-order valence-corrected chi connectivity index (χ3v) is 4.71. The van der Waals surface area contributed by atoms with Gasteiger partial charge in [-0.1, -0.05) is 18.2 Å². The van der Waals surface area contributed by atoms with Gasteiger partial charge in [-0.3, -0.25) is 9.48 Å². The number of hydrogen-bond donors (Lipinski definition) is 0. The quantitative estimate of drug-likeness (QED) is 0.868. The van der Waals surface area contributed by atoms with Crippen LogP contribution in [0.1, 0.15) is 42.7 Å². The van der Waals surface area contributed by atoms with Gasteiger partial charge in [-0.05, 0) is 50.8 Å². The number of carbonyl (C=O) groups is 1. The first-order valence-corrected chi connectivity index (χ1v) is 8.12. The third-order valence-electron chi connectivity index (χ3n) is 4.71. The lowest BCUT2D eigenvalue weighted by atomic mass is 9.89. The lowest BCUT2D eigenvalue weighted by Crippen LogP contribution is -2.47. The number of aryl methyl sites for hydroxylation is 1. The molecule has 1 aliphatic rings. The molecule has 0 N–H and O–H groups in total. The predicted molar refractivity (Wildman–Crippen MR) is 86.7 cm³/mol. The minimum Gasteiger partial charge on any atom is -0.332 e. The van der Waals surface area contributed by atoms with E-state index in [2.05, 4.69) is 5.10 Å². The van der Waals surface area contributed by atoms with Crippen molar-refractivity contribution in [3.63, 3.8) is 0 Å². The fourth-order valence-electron chi connectivity index (χ4n) is 3.40. The van der Waals surface area contributed by atoms with E-state index in [1.807, 2.05) is 31.0 Å². The summed E-state index contributed by atoms with van der Waals surface area (Å²) in [6.07, 6.45) is 4.16. The summed E-state index contributed by atoms with van der Waals surface area (Å²) >= 11 is 0. The van der Waals surface area contributed by atoms with Crippen molar-refractivity contribution in [2.24, 2.45) is 0 Å². The molecule has 0 saturated carbocycles. The molecule has 0 bridgehead atoms. The molecule has 1 aromatic heterocycles. The van der Waals surface area contributed by atoms with Gasteiger partial charge in [0.05, 0.1) is 0 Å². The number of rotatable bonds is 4. The van der Waals surface area contributed by atoms with E-state index in [4.69, 9.17) is 0 Å². The number of nitrogens with zero attached hydrogens (tertiary/aromatic N) is 3. The van der Waals surface area contributed by atoms with Crippen LogP contribution >= 0.6 is 0 Å². The average molecular weight is 315 g/mol. The Morgan fingerprint density at radius 2 is 2.13 bits per heavy atom. The second-order valence-electron chi connectivity index (χ2n) is 6.38. The molecule has 1 amide bonds. The molecule has 2 aromatic rings. The first kappa shape index (κ1) is 15.7. The molecule has 4 nitrogen and oxygen atoms in total. The SMILES string of the molecule is CCn1ccc(C(=O)N2CCCC2(C)Cc2ccccc2F)n1. The van der Waals surface area contributed by atoms with Gasteiger partial charge in [-0.15, -0.1) is 0 Å². The van der Waals surface area contributed by atoms with Crippen LogP contribution in [0.15, 0.2) is 36.5 Å². The summed E-state index contributed by atoms with van der Waals surface area (Å²) in [6.45, 7) is 5.46. The van der Waals surface area contributed by atoms with Crippen molar-refractivity contribution in [2.45, 2.75) is 45.2 Å². The average Bonchev–Trinajstić information content (AvgIpc) is 3.16. The fraction of sp³-hybridized carbons (Fsp3) is 0.444. The smallest absolute Gasteiger partial charge is 0.274 e. The minimum absolute atomic E-state index is 0.0615. The van der Waals surface area contributed by atoms with E-state index >= 15 is 0 Å². The second kappa shape index (κ2) is 6.14. The third kappa shape index (κ3) is 3.00. The van der Waals surface area contributed by atoms with E-state index in [9.17, 15) is 9.18 Å². The van der Waals surface area contributed by atoms with Gasteiger partial charge in [0.2, 0.25) is 0 Å². The summed E-state index contributed by atoms with van der Waals surface area (Å²) in [5, 5.41) is 4.31. The van der Waals surface area contributed by atoms with Crippen molar-refractivity contribution in [3.8, 4) is 0 Å². The first-order valence-electron chi connectivity index (χ1n) is 8.12. The minimum atomic E-state index is -0.366. The Labute approximate surface area is 135 Å². The maximum Gasteiger partial charge on any atom is 0.274 e. The molecule has 23 heavy (non-hydrogen) atoms. The standard InChI is InChI=1S/C18H22FN3O/c1-3-21-12-9-16(20-21)17(23)22-11-6-10-18(22,2)13-14-7-4-5-8-15(14)19/h4-5,7-9,12H,3,6,10-11,13H2,1-2H3. The highest BCUT2D eigenvalue weighted by atomic mass is 19.1. The Morgan fingerprint density at radius 1 is 1.35 bits per heavy atom. The summed E-state index contributed by atoms with van der Waals surface area (Å²) in [5.41, 5.74) is 0.761. The summed E-state index contributed by atoms with van der Waals surface area (Å²) in [6, 6.07) is 8.56. The Hall–Kier alpha value is -2.17. The zero-order valence-electron chi connectivity index (χ0n) is 13.6. The molecule has 1 fully saturated rings. The van der Waals surface area contributed by atoms with E-state index in [1.54, 1.807) is 22.9 Å². The topological polar surface area (TPSA) is 38.1 Å². The van der Waals surface area contributed by atoms with Crippen molar-refractivity contribution in [1.29, 1.82) is 0 Å². The van der Waals surface area contributed by atoms with Crippen LogP contribution in [0.4, 0.5) is 4.39 Å². The van der Waals surface area contributed by atoms with E-state index < -0.39 is 0 Å². The lowest BCUT2D eigenvalue weighted by Gasteiger charge is -2.35. The number of carbonyl (C=O) groups excluding carboxylic acids is 1. The van der Waals surface area contributed by atoms with Gasteiger partial charge in [-0.2, -0.15) is 5.10 Å². The second-order valence-corrected chi connectivity index (χ2v) is 6.38. The fourth-order valence-corrected chi connectivity index (χ4v) is 3.40. The monoisotopic (exact) mass is 315 g/mol. The summed E-state index contributed by atoms with van der Waals surface area (Å²) in [5.74, 6) is -0.267. The number of aromatic nitrogens is 2. The van der Waals surface area contributed by atoms with E-state index in [-0.39, 0.29) is 17.3 Å². The maximum atomic E-state index is 14.0. The van der Waals surface area contributed by atoms with Crippen LogP contribution < -0.4 is 0 Å². The normalized spacial score (nSPS) is 20.9. The van der Waals surface area contributed by atoms with Crippen LogP contribution in [0.2, 0.25) is 0 Å². The van der Waals surface area contributed by atoms with Gasteiger partial charge in [0, 0.05) is 24.8 Å². The molecule has 1 atom stereocenters. The number of likely N-dealkylation sites (tertiary alicyclic amines) is 1. The molecule has 0 spiro atoms. The Kier molecular flexibility index (Phi) is 4.20. The molecule has 2 heterocycles. The highest BCUT2D eigenvalue weighted by Crippen LogP contribution is 2.34. The van der Waals surface area contributed by atoms with Gasteiger partial charge in [0.1, 0.15) is 11.5 Å². The number of amides is 1.